The third-order valence-corrected chi connectivity index (χ3v) is 6.47. The van der Waals surface area contributed by atoms with Crippen LogP contribution in [0.15, 0.2) is 29.8 Å². The molecule has 0 spiro atoms. The van der Waals surface area contributed by atoms with Crippen molar-refractivity contribution in [3.63, 3.8) is 0 Å². The normalized spacial score (nSPS) is 14.1. The Hall–Kier alpha value is -2.60. The number of esters is 1. The number of benzene rings is 2. The van der Waals surface area contributed by atoms with Gasteiger partial charge in [0.05, 0.1) is 13.0 Å². The number of allylic oxidation sites excluding steroid dienone is 2. The van der Waals surface area contributed by atoms with Gasteiger partial charge in [-0.25, -0.2) is 13.2 Å². The lowest BCUT2D eigenvalue weighted by Crippen LogP contribution is -2.19. The minimum atomic E-state index is -0.898. The molecular formula is C29H36F3NO2. The Morgan fingerprint density at radius 1 is 1.14 bits per heavy atom. The lowest BCUT2D eigenvalue weighted by atomic mass is 9.87. The summed E-state index contributed by atoms with van der Waals surface area (Å²) in [7, 11) is 0. The summed E-state index contributed by atoms with van der Waals surface area (Å²) in [6, 6.07) is 3.64. The zero-order valence-electron chi connectivity index (χ0n) is 21.1. The molecule has 3 rings (SSSR count). The van der Waals surface area contributed by atoms with Crippen molar-refractivity contribution in [3.05, 3.63) is 69.6 Å². The first kappa shape index (κ1) is 27.0. The van der Waals surface area contributed by atoms with Crippen molar-refractivity contribution in [2.75, 3.05) is 6.61 Å². The quantitative estimate of drug-likeness (QED) is 0.202. The molecule has 35 heavy (non-hydrogen) atoms. The average molecular weight is 488 g/mol. The Labute approximate surface area is 206 Å². The fraction of sp³-hybridized carbons (Fsp3) is 0.483. The molecule has 2 N–H and O–H groups in total. The van der Waals surface area contributed by atoms with Gasteiger partial charge in [0.15, 0.2) is 11.6 Å². The number of halogens is 3. The van der Waals surface area contributed by atoms with E-state index < -0.39 is 29.5 Å². The fourth-order valence-corrected chi connectivity index (χ4v) is 4.58. The van der Waals surface area contributed by atoms with Gasteiger partial charge in [-0.3, -0.25) is 4.79 Å². The Kier molecular flexibility index (Phi) is 9.17. The summed E-state index contributed by atoms with van der Waals surface area (Å²) in [4.78, 5) is 12.0. The number of ether oxygens (including phenoxy) is 1. The summed E-state index contributed by atoms with van der Waals surface area (Å²) >= 11 is 0. The molecule has 0 aromatic heterocycles. The van der Waals surface area contributed by atoms with E-state index in [4.69, 9.17) is 10.5 Å². The molecule has 6 heteroatoms. The van der Waals surface area contributed by atoms with Crippen molar-refractivity contribution in [1.29, 1.82) is 0 Å². The predicted octanol–water partition coefficient (Wildman–Crippen LogP) is 7.59. The van der Waals surface area contributed by atoms with Gasteiger partial charge in [-0.05, 0) is 118 Å². The number of unbranched alkanes of at least 4 members (excludes halogenated alkanes) is 2. The number of carbonyl (C=O) groups excluding carboxylic acids is 1. The molecule has 0 amide bonds. The maximum absolute atomic E-state index is 15.5. The fourth-order valence-electron chi connectivity index (χ4n) is 4.58. The van der Waals surface area contributed by atoms with E-state index >= 15 is 8.78 Å². The SMILES string of the molecule is CCOC(=O)C[C@H](N)c1cc(-c2c(C)cc(F)c(F)c2CCCCC=C(C)C)cc(C2CC2)c1F. The lowest BCUT2D eigenvalue weighted by molar-refractivity contribution is -0.143. The van der Waals surface area contributed by atoms with Crippen LogP contribution < -0.4 is 5.73 Å². The molecule has 0 unspecified atom stereocenters. The van der Waals surface area contributed by atoms with Gasteiger partial charge >= 0.3 is 5.97 Å². The van der Waals surface area contributed by atoms with Gasteiger partial charge in [0.2, 0.25) is 0 Å². The second kappa shape index (κ2) is 11.9. The highest BCUT2D eigenvalue weighted by Gasteiger charge is 2.31. The first-order valence-electron chi connectivity index (χ1n) is 12.5. The smallest absolute Gasteiger partial charge is 0.307 e. The molecule has 0 bridgehead atoms. The standard InChI is InChI=1S/C29H36F3NO2/c1-5-35-26(34)16-25(33)23-15-20(14-22(28(23)31)19-11-12-19)27-18(4)13-24(30)29(32)21(27)10-8-6-7-9-17(2)3/h9,13-15,19,25H,5-8,10-12,16,33H2,1-4H3/t25-/m0/s1. The van der Waals surface area contributed by atoms with E-state index in [9.17, 15) is 9.18 Å². The molecule has 1 atom stereocenters. The summed E-state index contributed by atoms with van der Waals surface area (Å²) < 4.78 is 50.0. The molecule has 1 aliphatic rings. The minimum Gasteiger partial charge on any atom is -0.466 e. The van der Waals surface area contributed by atoms with Gasteiger partial charge in [0, 0.05) is 11.6 Å². The summed E-state index contributed by atoms with van der Waals surface area (Å²) in [5.41, 5.74) is 10.3. The van der Waals surface area contributed by atoms with E-state index in [1.807, 2.05) is 13.8 Å². The maximum atomic E-state index is 15.5. The first-order valence-corrected chi connectivity index (χ1v) is 12.5. The maximum Gasteiger partial charge on any atom is 0.307 e. The van der Waals surface area contributed by atoms with E-state index in [1.54, 1.807) is 26.0 Å². The molecular weight excluding hydrogens is 451 g/mol. The molecule has 2 aromatic carbocycles. The highest BCUT2D eigenvalue weighted by Crippen LogP contribution is 2.45. The topological polar surface area (TPSA) is 52.3 Å². The number of aryl methyl sites for hydroxylation is 1. The molecule has 0 heterocycles. The second-order valence-corrected chi connectivity index (χ2v) is 9.73. The van der Waals surface area contributed by atoms with Crippen LogP contribution in [0.25, 0.3) is 11.1 Å². The van der Waals surface area contributed by atoms with E-state index in [0.717, 1.165) is 25.7 Å². The number of nitrogens with two attached hydrogens (primary N) is 1. The minimum absolute atomic E-state index is 0.0709. The average Bonchev–Trinajstić information content (AvgIpc) is 3.62. The Balaban J connectivity index is 2.04. The Bertz CT molecular complexity index is 1100. The van der Waals surface area contributed by atoms with Crippen molar-refractivity contribution in [2.24, 2.45) is 5.73 Å². The molecule has 190 valence electrons. The van der Waals surface area contributed by atoms with Crippen LogP contribution in [0.4, 0.5) is 13.2 Å². The van der Waals surface area contributed by atoms with Crippen LogP contribution in [0.2, 0.25) is 0 Å². The number of rotatable bonds is 11. The molecule has 0 radical (unpaired) electrons. The van der Waals surface area contributed by atoms with E-state index in [1.165, 1.54) is 11.6 Å². The first-order chi connectivity index (χ1) is 16.6. The van der Waals surface area contributed by atoms with Crippen molar-refractivity contribution in [1.82, 2.24) is 0 Å². The van der Waals surface area contributed by atoms with Crippen LogP contribution in [-0.4, -0.2) is 12.6 Å². The highest BCUT2D eigenvalue weighted by atomic mass is 19.2. The van der Waals surface area contributed by atoms with Crippen LogP contribution >= 0.6 is 0 Å². The van der Waals surface area contributed by atoms with Crippen molar-refractivity contribution in [3.8, 4) is 11.1 Å². The van der Waals surface area contributed by atoms with Gasteiger partial charge in [-0.15, -0.1) is 0 Å². The Morgan fingerprint density at radius 3 is 2.49 bits per heavy atom. The molecule has 1 saturated carbocycles. The van der Waals surface area contributed by atoms with Gasteiger partial charge in [0.1, 0.15) is 5.82 Å². The van der Waals surface area contributed by atoms with Gasteiger partial charge in [-0.1, -0.05) is 11.6 Å². The third kappa shape index (κ3) is 6.75. The largest absolute Gasteiger partial charge is 0.466 e. The van der Waals surface area contributed by atoms with Crippen molar-refractivity contribution >= 4 is 5.97 Å². The van der Waals surface area contributed by atoms with Crippen LogP contribution in [0.1, 0.15) is 93.5 Å². The third-order valence-electron chi connectivity index (χ3n) is 6.47. The number of hydrogen-bond donors (Lipinski definition) is 1. The van der Waals surface area contributed by atoms with Crippen LogP contribution in [-0.2, 0) is 16.0 Å². The monoisotopic (exact) mass is 487 g/mol. The lowest BCUT2D eigenvalue weighted by Gasteiger charge is -2.20. The zero-order chi connectivity index (χ0) is 25.7. The molecule has 1 fully saturated rings. The number of hydrogen-bond acceptors (Lipinski definition) is 3. The summed E-state index contributed by atoms with van der Waals surface area (Å²) in [6.45, 7) is 7.71. The molecule has 3 nitrogen and oxygen atoms in total. The van der Waals surface area contributed by atoms with Gasteiger partial charge in [0.25, 0.3) is 0 Å². The Morgan fingerprint density at radius 2 is 1.86 bits per heavy atom. The zero-order valence-corrected chi connectivity index (χ0v) is 21.1. The van der Waals surface area contributed by atoms with Gasteiger partial charge in [-0.2, -0.15) is 0 Å². The van der Waals surface area contributed by atoms with E-state index in [0.29, 0.717) is 40.7 Å². The molecule has 0 aliphatic heterocycles. The number of carbonyl (C=O) groups is 1. The van der Waals surface area contributed by atoms with Crippen LogP contribution in [0, 0.1) is 24.4 Å². The van der Waals surface area contributed by atoms with E-state index in [2.05, 4.69) is 6.08 Å². The van der Waals surface area contributed by atoms with E-state index in [-0.39, 0.29) is 24.5 Å². The van der Waals surface area contributed by atoms with Crippen molar-refractivity contribution in [2.45, 2.75) is 84.6 Å². The van der Waals surface area contributed by atoms with Crippen LogP contribution in [0.3, 0.4) is 0 Å². The molecule has 0 saturated heterocycles. The summed E-state index contributed by atoms with van der Waals surface area (Å²) in [6.07, 6.45) is 6.50. The second-order valence-electron chi connectivity index (χ2n) is 9.73. The highest BCUT2D eigenvalue weighted by molar-refractivity contribution is 5.74. The summed E-state index contributed by atoms with van der Waals surface area (Å²) in [5, 5.41) is 0. The van der Waals surface area contributed by atoms with Gasteiger partial charge < -0.3 is 10.5 Å². The van der Waals surface area contributed by atoms with Crippen LogP contribution in [0.5, 0.6) is 0 Å². The molecule has 1 aliphatic carbocycles. The summed E-state index contributed by atoms with van der Waals surface area (Å²) in [5.74, 6) is -2.59. The molecule has 2 aromatic rings. The van der Waals surface area contributed by atoms with Crippen molar-refractivity contribution < 1.29 is 22.7 Å². The predicted molar refractivity (Wildman–Crippen MR) is 134 cm³/mol.